The van der Waals surface area contributed by atoms with Crippen LogP contribution < -0.4 is 14.2 Å². The molecule has 2 heterocycles. The number of carbonyl (C=O) groups excluding carboxylic acids is 1. The lowest BCUT2D eigenvalue weighted by Gasteiger charge is -2.20. The minimum absolute atomic E-state index is 0.0438. The predicted molar refractivity (Wildman–Crippen MR) is 140 cm³/mol. The topological polar surface area (TPSA) is 96.6 Å². The minimum atomic E-state index is -0.427. The second-order valence-electron chi connectivity index (χ2n) is 7.89. The molecule has 0 saturated heterocycles. The maximum atomic E-state index is 12.6. The van der Waals surface area contributed by atoms with Crippen LogP contribution in [0.2, 0.25) is 0 Å². The van der Waals surface area contributed by atoms with Crippen molar-refractivity contribution in [2.75, 3.05) is 20.3 Å². The number of aliphatic imine (C=N–C) groups is 1. The van der Waals surface area contributed by atoms with E-state index in [-0.39, 0.29) is 11.4 Å². The zero-order valence-corrected chi connectivity index (χ0v) is 20.8. The number of carbonyl (C=O) groups is 1. The summed E-state index contributed by atoms with van der Waals surface area (Å²) < 4.78 is 16.7. The standard InChI is InChI=1S/C26H28N4O4S/c1-4-18(5-2)25-29-30-23(27)20(24(31)28-26(30)35-25)16-17-10-12-19(13-11-17)33-14-15-34-22-9-7-6-8-21(22)32-3/h6-13,16,18,27H,4-5,14-15H2,1-3H3/b20-16-,27-23?. The van der Waals surface area contributed by atoms with Gasteiger partial charge in [0.1, 0.15) is 24.0 Å². The van der Waals surface area contributed by atoms with Gasteiger partial charge in [-0.25, -0.2) is 0 Å². The van der Waals surface area contributed by atoms with E-state index in [9.17, 15) is 4.79 Å². The van der Waals surface area contributed by atoms with Gasteiger partial charge in [-0.3, -0.25) is 10.2 Å². The van der Waals surface area contributed by atoms with Crippen molar-refractivity contribution < 1.29 is 19.0 Å². The molecule has 0 unspecified atom stereocenters. The summed E-state index contributed by atoms with van der Waals surface area (Å²) in [6, 6.07) is 14.8. The quantitative estimate of drug-likeness (QED) is 0.361. The maximum Gasteiger partial charge on any atom is 0.283 e. The highest BCUT2D eigenvalue weighted by Crippen LogP contribution is 2.33. The van der Waals surface area contributed by atoms with E-state index < -0.39 is 5.91 Å². The van der Waals surface area contributed by atoms with Crippen LogP contribution in [0, 0.1) is 11.3 Å². The van der Waals surface area contributed by atoms with Crippen molar-refractivity contribution in [2.45, 2.75) is 26.7 Å². The molecule has 182 valence electrons. The number of hydrogen-bond acceptors (Lipinski definition) is 7. The molecule has 0 aliphatic carbocycles. The number of benzene rings is 2. The summed E-state index contributed by atoms with van der Waals surface area (Å²) in [7, 11) is 1.60. The molecular formula is C26H28N4O4S. The van der Waals surface area contributed by atoms with E-state index in [4.69, 9.17) is 19.6 Å². The summed E-state index contributed by atoms with van der Waals surface area (Å²) in [5.41, 5.74) is 0.980. The van der Waals surface area contributed by atoms with E-state index in [1.165, 1.54) is 16.8 Å². The Kier molecular flexibility index (Phi) is 7.87. The largest absolute Gasteiger partial charge is 0.493 e. The number of hydrazone groups is 1. The lowest BCUT2D eigenvalue weighted by molar-refractivity contribution is -0.114. The van der Waals surface area contributed by atoms with Crippen LogP contribution in [-0.4, -0.2) is 47.3 Å². The molecule has 0 fully saturated rings. The second-order valence-corrected chi connectivity index (χ2v) is 8.88. The third-order valence-corrected chi connectivity index (χ3v) is 6.75. The van der Waals surface area contributed by atoms with Crippen molar-refractivity contribution in [2.24, 2.45) is 16.0 Å². The number of nitrogens with one attached hydrogen (secondary N) is 1. The van der Waals surface area contributed by atoms with Gasteiger partial charge in [-0.05, 0) is 60.5 Å². The van der Waals surface area contributed by atoms with Gasteiger partial charge in [0.15, 0.2) is 17.3 Å². The normalized spacial score (nSPS) is 16.3. The summed E-state index contributed by atoms with van der Waals surface area (Å²) in [6.45, 7) is 4.95. The predicted octanol–water partition coefficient (Wildman–Crippen LogP) is 5.21. The summed E-state index contributed by atoms with van der Waals surface area (Å²) >= 11 is 1.38. The third kappa shape index (κ3) is 5.57. The molecule has 4 rings (SSSR count). The van der Waals surface area contributed by atoms with Gasteiger partial charge >= 0.3 is 0 Å². The smallest absolute Gasteiger partial charge is 0.283 e. The number of rotatable bonds is 10. The highest BCUT2D eigenvalue weighted by molar-refractivity contribution is 8.27. The first-order valence-corrected chi connectivity index (χ1v) is 12.3. The third-order valence-electron chi connectivity index (χ3n) is 5.67. The fraction of sp³-hybridized carbons (Fsp3) is 0.308. The maximum absolute atomic E-state index is 12.6. The minimum Gasteiger partial charge on any atom is -0.493 e. The van der Waals surface area contributed by atoms with Crippen LogP contribution in [0.15, 0.2) is 64.2 Å². The van der Waals surface area contributed by atoms with E-state index in [0.29, 0.717) is 41.5 Å². The highest BCUT2D eigenvalue weighted by Gasteiger charge is 2.37. The lowest BCUT2D eigenvalue weighted by atomic mass is 10.1. The van der Waals surface area contributed by atoms with E-state index in [1.54, 1.807) is 13.2 Å². The Morgan fingerprint density at radius 3 is 2.40 bits per heavy atom. The summed E-state index contributed by atoms with van der Waals surface area (Å²) in [5, 5.41) is 15.9. The lowest BCUT2D eigenvalue weighted by Crippen LogP contribution is -2.35. The van der Waals surface area contributed by atoms with Crippen molar-refractivity contribution in [3.05, 3.63) is 59.7 Å². The molecule has 9 heteroatoms. The van der Waals surface area contributed by atoms with Gasteiger partial charge in [-0.15, -0.1) is 0 Å². The van der Waals surface area contributed by atoms with E-state index >= 15 is 0 Å². The molecule has 8 nitrogen and oxygen atoms in total. The van der Waals surface area contributed by atoms with Crippen molar-refractivity contribution in [1.29, 1.82) is 5.41 Å². The van der Waals surface area contributed by atoms with Gasteiger partial charge in [0.05, 0.1) is 12.7 Å². The molecule has 0 spiro atoms. The Balaban J connectivity index is 1.37. The van der Waals surface area contributed by atoms with Gasteiger partial charge in [0, 0.05) is 5.92 Å². The monoisotopic (exact) mass is 492 g/mol. The zero-order valence-electron chi connectivity index (χ0n) is 20.0. The van der Waals surface area contributed by atoms with Crippen LogP contribution in [0.25, 0.3) is 6.08 Å². The average Bonchev–Trinajstić information content (AvgIpc) is 3.30. The van der Waals surface area contributed by atoms with Gasteiger partial charge in [-0.2, -0.15) is 15.1 Å². The fourth-order valence-corrected chi connectivity index (χ4v) is 4.84. The van der Waals surface area contributed by atoms with Crippen molar-refractivity contribution >= 4 is 39.8 Å². The Hall–Kier alpha value is -3.59. The molecule has 1 N–H and O–H groups in total. The molecule has 0 bridgehead atoms. The summed E-state index contributed by atoms with van der Waals surface area (Å²) in [5.74, 6) is 1.94. The van der Waals surface area contributed by atoms with Crippen LogP contribution in [0.3, 0.4) is 0 Å². The molecule has 1 amide bonds. The second kappa shape index (κ2) is 11.2. The molecule has 0 atom stereocenters. The molecule has 35 heavy (non-hydrogen) atoms. The van der Waals surface area contributed by atoms with Gasteiger partial charge in [-0.1, -0.05) is 38.1 Å². The van der Waals surface area contributed by atoms with Crippen LogP contribution in [0.5, 0.6) is 17.2 Å². The fourth-order valence-electron chi connectivity index (χ4n) is 3.69. The van der Waals surface area contributed by atoms with Crippen LogP contribution >= 0.6 is 11.8 Å². The molecule has 0 aromatic heterocycles. The Bertz CT molecular complexity index is 1190. The number of amidine groups is 2. The molecule has 2 aromatic carbocycles. The van der Waals surface area contributed by atoms with Crippen molar-refractivity contribution in [1.82, 2.24) is 5.01 Å². The molecule has 0 radical (unpaired) electrons. The highest BCUT2D eigenvalue weighted by atomic mass is 32.2. The van der Waals surface area contributed by atoms with Gasteiger partial charge in [0.25, 0.3) is 5.91 Å². The Morgan fingerprint density at radius 1 is 1.03 bits per heavy atom. The zero-order chi connectivity index (χ0) is 24.8. The summed E-state index contributed by atoms with van der Waals surface area (Å²) in [4.78, 5) is 16.8. The number of fused-ring (bicyclic) bond motifs is 1. The molecule has 2 aliphatic heterocycles. The first kappa shape index (κ1) is 24.5. The van der Waals surface area contributed by atoms with Gasteiger partial charge < -0.3 is 14.2 Å². The summed E-state index contributed by atoms with van der Waals surface area (Å²) in [6.07, 6.45) is 3.57. The van der Waals surface area contributed by atoms with E-state index in [2.05, 4.69) is 23.9 Å². The van der Waals surface area contributed by atoms with Crippen LogP contribution in [0.4, 0.5) is 0 Å². The first-order chi connectivity index (χ1) is 17.0. The van der Waals surface area contributed by atoms with Crippen molar-refractivity contribution in [3.63, 3.8) is 0 Å². The number of thioether (sulfide) groups is 1. The van der Waals surface area contributed by atoms with E-state index in [1.807, 2.05) is 48.5 Å². The number of hydrogen-bond donors (Lipinski definition) is 1. The number of para-hydroxylation sites is 2. The van der Waals surface area contributed by atoms with Crippen molar-refractivity contribution in [3.8, 4) is 17.2 Å². The molecular weight excluding hydrogens is 464 g/mol. The van der Waals surface area contributed by atoms with Crippen LogP contribution in [0.1, 0.15) is 32.3 Å². The molecule has 2 aliphatic rings. The van der Waals surface area contributed by atoms with Crippen LogP contribution in [-0.2, 0) is 4.79 Å². The number of ether oxygens (including phenoxy) is 3. The Labute approximate surface area is 209 Å². The number of methoxy groups -OCH3 is 1. The SMILES string of the molecule is CCC(CC)C1=NN2C(=N)/C(=C/c3ccc(OCCOc4ccccc4OC)cc3)C(=O)N=C2S1. The van der Waals surface area contributed by atoms with Gasteiger partial charge in [0.2, 0.25) is 5.17 Å². The average molecular weight is 493 g/mol. The first-order valence-electron chi connectivity index (χ1n) is 11.5. The van der Waals surface area contributed by atoms with E-state index in [0.717, 1.165) is 23.4 Å². The molecule has 0 saturated carbocycles. The Morgan fingerprint density at radius 2 is 1.71 bits per heavy atom. The number of amides is 1. The molecule has 2 aromatic rings. The number of nitrogens with zero attached hydrogens (tertiary/aromatic N) is 3.